The van der Waals surface area contributed by atoms with Crippen molar-refractivity contribution in [3.05, 3.63) is 70.8 Å². The molecule has 0 saturated heterocycles. The van der Waals surface area contributed by atoms with Gasteiger partial charge in [-0.15, -0.1) is 0 Å². The zero-order valence-electron chi connectivity index (χ0n) is 14.2. The number of fused-ring (bicyclic) bond motifs is 4. The van der Waals surface area contributed by atoms with E-state index in [1.807, 2.05) is 0 Å². The topological polar surface area (TPSA) is 115 Å². The van der Waals surface area contributed by atoms with Crippen molar-refractivity contribution in [2.45, 2.75) is 0 Å². The number of phenols is 4. The van der Waals surface area contributed by atoms with Crippen molar-refractivity contribution in [1.82, 2.24) is 0 Å². The first-order valence-corrected chi connectivity index (χ1v) is 8.42. The number of ketones is 2. The highest BCUT2D eigenvalue weighted by molar-refractivity contribution is 6.30. The van der Waals surface area contributed by atoms with E-state index in [4.69, 9.17) is 0 Å². The van der Waals surface area contributed by atoms with Crippen molar-refractivity contribution in [3.63, 3.8) is 0 Å². The van der Waals surface area contributed by atoms with Crippen LogP contribution in [0.2, 0.25) is 0 Å². The Morgan fingerprint density at radius 2 is 0.607 bits per heavy atom. The first-order valence-electron chi connectivity index (χ1n) is 8.42. The molecule has 0 bridgehead atoms. The second-order valence-electron chi connectivity index (χ2n) is 6.83. The van der Waals surface area contributed by atoms with Crippen LogP contribution in [0.3, 0.4) is 0 Å². The van der Waals surface area contributed by atoms with Crippen LogP contribution in [-0.2, 0) is 0 Å². The van der Waals surface area contributed by atoms with Gasteiger partial charge in [0.1, 0.15) is 0 Å². The zero-order chi connectivity index (χ0) is 19.7. The maximum Gasteiger partial charge on any atom is 0.194 e. The summed E-state index contributed by atoms with van der Waals surface area (Å²) in [5, 5.41) is 40.9. The summed E-state index contributed by atoms with van der Waals surface area (Å²) in [6.07, 6.45) is 0. The normalized spacial score (nSPS) is 13.0. The lowest BCUT2D eigenvalue weighted by atomic mass is 9.81. The Balaban J connectivity index is 1.80. The third-order valence-corrected chi connectivity index (χ3v) is 5.12. The van der Waals surface area contributed by atoms with Gasteiger partial charge in [0.2, 0.25) is 0 Å². The second kappa shape index (κ2) is 5.23. The van der Waals surface area contributed by atoms with Crippen LogP contribution in [0.1, 0.15) is 31.8 Å². The summed E-state index contributed by atoms with van der Waals surface area (Å²) in [6, 6.07) is 11.4. The largest absolute Gasteiger partial charge is 0.504 e. The third kappa shape index (κ3) is 2.08. The molecule has 4 aromatic carbocycles. The molecule has 0 saturated carbocycles. The molecule has 0 unspecified atom stereocenters. The molecule has 28 heavy (non-hydrogen) atoms. The molecule has 6 heteroatoms. The van der Waals surface area contributed by atoms with Crippen LogP contribution >= 0.6 is 0 Å². The molecule has 0 radical (unpaired) electrons. The van der Waals surface area contributed by atoms with Crippen molar-refractivity contribution < 1.29 is 30.0 Å². The van der Waals surface area contributed by atoms with Gasteiger partial charge in [0.25, 0.3) is 0 Å². The SMILES string of the molecule is O=C1c2cc3cc(O)c(O)cc3cc2C(=O)c2cc3cc(O)c(O)cc3cc21. The summed E-state index contributed by atoms with van der Waals surface area (Å²) in [5.41, 5.74) is 0.824. The molecule has 0 fully saturated rings. The third-order valence-electron chi connectivity index (χ3n) is 5.12. The average Bonchev–Trinajstić information content (AvgIpc) is 2.66. The fourth-order valence-electron chi connectivity index (χ4n) is 3.69. The number of rotatable bonds is 0. The fourth-order valence-corrected chi connectivity index (χ4v) is 3.69. The minimum atomic E-state index is -0.353. The van der Waals surface area contributed by atoms with E-state index < -0.39 is 0 Å². The maximum atomic E-state index is 13.1. The molecule has 6 nitrogen and oxygen atoms in total. The highest BCUT2D eigenvalue weighted by atomic mass is 16.3. The van der Waals surface area contributed by atoms with Gasteiger partial charge in [-0.2, -0.15) is 0 Å². The highest BCUT2D eigenvalue weighted by Gasteiger charge is 2.30. The number of hydrogen-bond donors (Lipinski definition) is 4. The van der Waals surface area contributed by atoms with E-state index in [0.29, 0.717) is 21.5 Å². The van der Waals surface area contributed by atoms with Crippen LogP contribution in [0.5, 0.6) is 23.0 Å². The summed E-state index contributed by atoms with van der Waals surface area (Å²) < 4.78 is 0. The molecule has 1 aliphatic rings. The standard InChI is InChI=1S/C22H12O6/c23-17-5-9-1-13-14(2-10(9)6-18(17)24)22(28)16-4-12-8-20(26)19(25)7-11(12)3-15(16)21(13)27/h1-8,23-26H. The lowest BCUT2D eigenvalue weighted by molar-refractivity contribution is 0.0979. The van der Waals surface area contributed by atoms with Crippen LogP contribution < -0.4 is 0 Å². The molecular formula is C22H12O6. The summed E-state index contributed by atoms with van der Waals surface area (Å²) in [4.78, 5) is 26.1. The summed E-state index contributed by atoms with van der Waals surface area (Å²) in [7, 11) is 0. The van der Waals surface area contributed by atoms with Crippen molar-refractivity contribution in [2.24, 2.45) is 0 Å². The van der Waals surface area contributed by atoms with Crippen LogP contribution in [0.25, 0.3) is 21.5 Å². The molecule has 0 heterocycles. The summed E-state index contributed by atoms with van der Waals surface area (Å²) >= 11 is 0. The Labute approximate surface area is 157 Å². The first-order chi connectivity index (χ1) is 13.3. The van der Waals surface area contributed by atoms with Gasteiger partial charge in [0.05, 0.1) is 0 Å². The van der Waals surface area contributed by atoms with Gasteiger partial charge in [-0.25, -0.2) is 0 Å². The Morgan fingerprint density at radius 1 is 0.393 bits per heavy atom. The molecule has 1 aliphatic carbocycles. The van der Waals surface area contributed by atoms with Gasteiger partial charge in [0, 0.05) is 22.3 Å². The number of hydrogen-bond acceptors (Lipinski definition) is 6. The number of phenolic OH excluding ortho intramolecular Hbond substituents is 4. The predicted octanol–water partition coefficient (Wildman–Crippen LogP) is 3.59. The van der Waals surface area contributed by atoms with Gasteiger partial charge >= 0.3 is 0 Å². The highest BCUT2D eigenvalue weighted by Crippen LogP contribution is 2.38. The molecule has 4 N–H and O–H groups in total. The number of carbonyl (C=O) groups excluding carboxylic acids is 2. The fraction of sp³-hybridized carbons (Fsp3) is 0. The van der Waals surface area contributed by atoms with E-state index in [2.05, 4.69) is 0 Å². The van der Waals surface area contributed by atoms with E-state index in [1.54, 1.807) is 0 Å². The van der Waals surface area contributed by atoms with Crippen molar-refractivity contribution in [2.75, 3.05) is 0 Å². The molecule has 0 aliphatic heterocycles. The van der Waals surface area contributed by atoms with Crippen LogP contribution in [0.4, 0.5) is 0 Å². The van der Waals surface area contributed by atoms with E-state index in [-0.39, 0.29) is 56.8 Å². The summed E-state index contributed by atoms with van der Waals surface area (Å²) in [5.74, 6) is -1.97. The molecule has 0 aromatic heterocycles. The molecule has 5 rings (SSSR count). The van der Waals surface area contributed by atoms with E-state index in [9.17, 15) is 30.0 Å². The summed E-state index contributed by atoms with van der Waals surface area (Å²) in [6.45, 7) is 0. The second-order valence-corrected chi connectivity index (χ2v) is 6.83. The van der Waals surface area contributed by atoms with Crippen LogP contribution in [-0.4, -0.2) is 32.0 Å². The first kappa shape index (κ1) is 16.1. The minimum Gasteiger partial charge on any atom is -0.504 e. The molecule has 136 valence electrons. The Morgan fingerprint density at radius 3 is 0.821 bits per heavy atom. The van der Waals surface area contributed by atoms with Gasteiger partial charge in [-0.3, -0.25) is 9.59 Å². The van der Waals surface area contributed by atoms with E-state index >= 15 is 0 Å². The van der Waals surface area contributed by atoms with E-state index in [0.717, 1.165) is 0 Å². The average molecular weight is 372 g/mol. The Kier molecular flexibility index (Phi) is 3.02. The zero-order valence-corrected chi connectivity index (χ0v) is 14.2. The van der Waals surface area contributed by atoms with Crippen LogP contribution in [0.15, 0.2) is 48.5 Å². The molecular weight excluding hydrogens is 360 g/mol. The van der Waals surface area contributed by atoms with E-state index in [1.165, 1.54) is 48.5 Å². The number of carbonyl (C=O) groups is 2. The molecule has 0 spiro atoms. The number of benzene rings is 4. The lowest BCUT2D eigenvalue weighted by Gasteiger charge is -2.19. The molecule has 4 aromatic rings. The van der Waals surface area contributed by atoms with Crippen molar-refractivity contribution in [1.29, 1.82) is 0 Å². The maximum absolute atomic E-state index is 13.1. The van der Waals surface area contributed by atoms with Gasteiger partial charge < -0.3 is 20.4 Å². The lowest BCUT2D eigenvalue weighted by Crippen LogP contribution is -2.20. The molecule has 0 amide bonds. The van der Waals surface area contributed by atoms with Gasteiger partial charge in [-0.05, 0) is 70.1 Å². The predicted molar refractivity (Wildman–Crippen MR) is 101 cm³/mol. The Bertz CT molecular complexity index is 1180. The van der Waals surface area contributed by atoms with Crippen molar-refractivity contribution >= 4 is 33.1 Å². The molecule has 0 atom stereocenters. The van der Waals surface area contributed by atoms with Crippen LogP contribution in [0, 0.1) is 0 Å². The number of aromatic hydroxyl groups is 4. The van der Waals surface area contributed by atoms with Crippen molar-refractivity contribution in [3.8, 4) is 23.0 Å². The monoisotopic (exact) mass is 372 g/mol. The van der Waals surface area contributed by atoms with Gasteiger partial charge in [0.15, 0.2) is 34.6 Å². The minimum absolute atomic E-state index is 0.206. The quantitative estimate of drug-likeness (QED) is 0.309. The smallest absolute Gasteiger partial charge is 0.194 e. The van der Waals surface area contributed by atoms with Gasteiger partial charge in [-0.1, -0.05) is 0 Å². The Hall–Kier alpha value is -4.06.